The van der Waals surface area contributed by atoms with Crippen LogP contribution in [0, 0.1) is 0 Å². The molecule has 2 aromatic rings. The molecular formula is C18H20N2O3. The number of nitrogens with one attached hydrogen (secondary N) is 2. The highest BCUT2D eigenvalue weighted by Crippen LogP contribution is 2.24. The minimum atomic E-state index is -0.205. The second kappa shape index (κ2) is 7.98. The molecule has 0 saturated carbocycles. The molecular weight excluding hydrogens is 292 g/mol. The van der Waals surface area contributed by atoms with E-state index >= 15 is 0 Å². The quantitative estimate of drug-likeness (QED) is 0.861. The van der Waals surface area contributed by atoms with Crippen molar-refractivity contribution in [3.63, 3.8) is 0 Å². The third-order valence-electron chi connectivity index (χ3n) is 3.19. The molecule has 120 valence electrons. The van der Waals surface area contributed by atoms with E-state index < -0.39 is 0 Å². The molecule has 0 heterocycles. The standard InChI is InChI=1S/C18H20N2O3/c1-3-23-17-7-5-4-6-16(17)20-18(22)15-10-8-14(9-11-15)12-19-13(2)21/h4-11H,3,12H2,1-2H3,(H,19,21)(H,20,22). The monoisotopic (exact) mass is 312 g/mol. The SMILES string of the molecule is CCOc1ccccc1NC(=O)c1ccc(CNC(C)=O)cc1. The fourth-order valence-electron chi connectivity index (χ4n) is 2.05. The van der Waals surface area contributed by atoms with E-state index in [1.165, 1.54) is 6.92 Å². The zero-order chi connectivity index (χ0) is 16.7. The molecule has 0 radical (unpaired) electrons. The molecule has 2 rings (SSSR count). The lowest BCUT2D eigenvalue weighted by molar-refractivity contribution is -0.119. The molecule has 0 aliphatic rings. The predicted octanol–water partition coefficient (Wildman–Crippen LogP) is 2.97. The minimum absolute atomic E-state index is 0.0839. The van der Waals surface area contributed by atoms with Crippen LogP contribution in [-0.2, 0) is 11.3 Å². The van der Waals surface area contributed by atoms with Gasteiger partial charge in [-0.15, -0.1) is 0 Å². The van der Waals surface area contributed by atoms with Crippen LogP contribution in [0.1, 0.15) is 29.8 Å². The van der Waals surface area contributed by atoms with Crippen molar-refractivity contribution in [1.29, 1.82) is 0 Å². The summed E-state index contributed by atoms with van der Waals surface area (Å²) in [6, 6.07) is 14.4. The fraction of sp³-hybridized carbons (Fsp3) is 0.222. The smallest absolute Gasteiger partial charge is 0.255 e. The van der Waals surface area contributed by atoms with Crippen LogP contribution >= 0.6 is 0 Å². The van der Waals surface area contributed by atoms with Crippen molar-refractivity contribution < 1.29 is 14.3 Å². The van der Waals surface area contributed by atoms with E-state index in [9.17, 15) is 9.59 Å². The Labute approximate surface area is 135 Å². The number of para-hydroxylation sites is 2. The zero-order valence-corrected chi connectivity index (χ0v) is 13.3. The third-order valence-corrected chi connectivity index (χ3v) is 3.19. The van der Waals surface area contributed by atoms with Crippen LogP contribution in [0.5, 0.6) is 5.75 Å². The molecule has 0 aliphatic carbocycles. The number of rotatable bonds is 6. The molecule has 2 amide bonds. The van der Waals surface area contributed by atoms with Crippen molar-refractivity contribution in [2.45, 2.75) is 20.4 Å². The van der Waals surface area contributed by atoms with Gasteiger partial charge in [0.15, 0.2) is 0 Å². The summed E-state index contributed by atoms with van der Waals surface area (Å²) in [5.41, 5.74) is 2.12. The van der Waals surface area contributed by atoms with E-state index in [0.717, 1.165) is 5.56 Å². The van der Waals surface area contributed by atoms with Crippen LogP contribution in [0.3, 0.4) is 0 Å². The highest BCUT2D eigenvalue weighted by molar-refractivity contribution is 6.05. The first-order chi connectivity index (χ1) is 11.1. The second-order valence-electron chi connectivity index (χ2n) is 4.99. The predicted molar refractivity (Wildman–Crippen MR) is 89.5 cm³/mol. The van der Waals surface area contributed by atoms with Gasteiger partial charge in [-0.3, -0.25) is 9.59 Å². The van der Waals surface area contributed by atoms with Crippen LogP contribution in [0.25, 0.3) is 0 Å². The fourth-order valence-corrected chi connectivity index (χ4v) is 2.05. The van der Waals surface area contributed by atoms with Gasteiger partial charge in [-0.1, -0.05) is 24.3 Å². The molecule has 2 N–H and O–H groups in total. The van der Waals surface area contributed by atoms with Crippen LogP contribution in [0.15, 0.2) is 48.5 Å². The largest absolute Gasteiger partial charge is 0.492 e. The van der Waals surface area contributed by atoms with Gasteiger partial charge in [-0.25, -0.2) is 0 Å². The van der Waals surface area contributed by atoms with E-state index in [2.05, 4.69) is 10.6 Å². The van der Waals surface area contributed by atoms with Crippen molar-refractivity contribution in [3.05, 3.63) is 59.7 Å². The van der Waals surface area contributed by atoms with E-state index in [0.29, 0.717) is 30.2 Å². The van der Waals surface area contributed by atoms with Gasteiger partial charge in [-0.05, 0) is 36.8 Å². The maximum atomic E-state index is 12.3. The summed E-state index contributed by atoms with van der Waals surface area (Å²) >= 11 is 0. The Kier molecular flexibility index (Phi) is 5.74. The van der Waals surface area contributed by atoms with Gasteiger partial charge in [0.25, 0.3) is 5.91 Å². The number of hydrogen-bond acceptors (Lipinski definition) is 3. The first-order valence-electron chi connectivity index (χ1n) is 7.46. The number of benzene rings is 2. The number of hydrogen-bond donors (Lipinski definition) is 2. The highest BCUT2D eigenvalue weighted by atomic mass is 16.5. The van der Waals surface area contributed by atoms with Crippen molar-refractivity contribution >= 4 is 17.5 Å². The Balaban J connectivity index is 2.05. The summed E-state index contributed by atoms with van der Waals surface area (Å²) in [4.78, 5) is 23.2. The normalized spacial score (nSPS) is 10.0. The van der Waals surface area contributed by atoms with E-state index in [4.69, 9.17) is 4.74 Å². The van der Waals surface area contributed by atoms with Crippen molar-refractivity contribution in [2.75, 3.05) is 11.9 Å². The maximum absolute atomic E-state index is 12.3. The van der Waals surface area contributed by atoms with Crippen molar-refractivity contribution in [3.8, 4) is 5.75 Å². The number of ether oxygens (including phenoxy) is 1. The Morgan fingerprint density at radius 3 is 2.39 bits per heavy atom. The number of carbonyl (C=O) groups excluding carboxylic acids is 2. The first-order valence-corrected chi connectivity index (χ1v) is 7.46. The van der Waals surface area contributed by atoms with Gasteiger partial charge in [0.1, 0.15) is 5.75 Å². The van der Waals surface area contributed by atoms with Crippen molar-refractivity contribution in [1.82, 2.24) is 5.32 Å². The molecule has 0 aromatic heterocycles. The van der Waals surface area contributed by atoms with Gasteiger partial charge < -0.3 is 15.4 Å². The van der Waals surface area contributed by atoms with E-state index in [1.807, 2.05) is 37.3 Å². The van der Waals surface area contributed by atoms with Gasteiger partial charge in [0, 0.05) is 19.0 Å². The van der Waals surface area contributed by atoms with Crippen LogP contribution in [0.2, 0.25) is 0 Å². The molecule has 2 aromatic carbocycles. The summed E-state index contributed by atoms with van der Waals surface area (Å²) < 4.78 is 5.49. The van der Waals surface area contributed by atoms with Crippen LogP contribution in [0.4, 0.5) is 5.69 Å². The maximum Gasteiger partial charge on any atom is 0.255 e. The highest BCUT2D eigenvalue weighted by Gasteiger charge is 2.09. The molecule has 0 aliphatic heterocycles. The molecule has 0 saturated heterocycles. The zero-order valence-electron chi connectivity index (χ0n) is 13.3. The Morgan fingerprint density at radius 1 is 1.04 bits per heavy atom. The molecule has 0 bridgehead atoms. The molecule has 0 fully saturated rings. The molecule has 5 nitrogen and oxygen atoms in total. The molecule has 5 heteroatoms. The van der Waals surface area contributed by atoms with Gasteiger partial charge >= 0.3 is 0 Å². The minimum Gasteiger partial charge on any atom is -0.492 e. The Bertz CT molecular complexity index is 681. The molecule has 0 spiro atoms. The van der Waals surface area contributed by atoms with Crippen molar-refractivity contribution in [2.24, 2.45) is 0 Å². The van der Waals surface area contributed by atoms with Gasteiger partial charge in [0.05, 0.1) is 12.3 Å². The number of carbonyl (C=O) groups is 2. The summed E-state index contributed by atoms with van der Waals surface area (Å²) in [6.07, 6.45) is 0. The lowest BCUT2D eigenvalue weighted by Gasteiger charge is -2.11. The first kappa shape index (κ1) is 16.5. The summed E-state index contributed by atoms with van der Waals surface area (Å²) in [5, 5.41) is 5.56. The van der Waals surface area contributed by atoms with Gasteiger partial charge in [-0.2, -0.15) is 0 Å². The van der Waals surface area contributed by atoms with E-state index in [-0.39, 0.29) is 11.8 Å². The number of amides is 2. The summed E-state index contributed by atoms with van der Waals surface area (Å²) in [7, 11) is 0. The third kappa shape index (κ3) is 4.85. The molecule has 0 atom stereocenters. The second-order valence-corrected chi connectivity index (χ2v) is 4.99. The lowest BCUT2D eigenvalue weighted by Crippen LogP contribution is -2.19. The van der Waals surface area contributed by atoms with Gasteiger partial charge in [0.2, 0.25) is 5.91 Å². The van der Waals surface area contributed by atoms with Crippen LogP contribution < -0.4 is 15.4 Å². The molecule has 0 unspecified atom stereocenters. The Hall–Kier alpha value is -2.82. The average Bonchev–Trinajstić information content (AvgIpc) is 2.55. The Morgan fingerprint density at radius 2 is 1.74 bits per heavy atom. The summed E-state index contributed by atoms with van der Waals surface area (Å²) in [6.45, 7) is 4.35. The average molecular weight is 312 g/mol. The van der Waals surface area contributed by atoms with Crippen LogP contribution in [-0.4, -0.2) is 18.4 Å². The number of anilines is 1. The summed E-state index contributed by atoms with van der Waals surface area (Å²) in [5.74, 6) is 0.355. The van der Waals surface area contributed by atoms with E-state index in [1.54, 1.807) is 18.2 Å². The lowest BCUT2D eigenvalue weighted by atomic mass is 10.1. The topological polar surface area (TPSA) is 67.4 Å². The molecule has 23 heavy (non-hydrogen) atoms.